The fourth-order valence-corrected chi connectivity index (χ4v) is 2.38. The number of aryl methyl sites for hydroxylation is 1. The van der Waals surface area contributed by atoms with Gasteiger partial charge in [-0.15, -0.1) is 0 Å². The predicted octanol–water partition coefficient (Wildman–Crippen LogP) is 1.38. The number of carboxylic acid groups (broad SMARTS) is 1. The highest BCUT2D eigenvalue weighted by atomic mass is 16.5. The molecule has 1 heterocycles. The zero-order chi connectivity index (χ0) is 16.1. The summed E-state index contributed by atoms with van der Waals surface area (Å²) in [6, 6.07) is 4.86. The minimum absolute atomic E-state index is 0.0406. The second-order valence-corrected chi connectivity index (χ2v) is 5.31. The van der Waals surface area contributed by atoms with Gasteiger partial charge in [-0.25, -0.2) is 4.79 Å². The van der Waals surface area contributed by atoms with E-state index in [0.717, 1.165) is 16.9 Å². The van der Waals surface area contributed by atoms with Crippen molar-refractivity contribution in [2.24, 2.45) is 0 Å². The molecule has 22 heavy (non-hydrogen) atoms. The number of hydrogen-bond donors (Lipinski definition) is 1. The molecule has 2 rings (SSSR count). The second kappa shape index (κ2) is 7.26. The number of ether oxygens (including phenoxy) is 2. The number of carbonyl (C=O) groups is 2. The van der Waals surface area contributed by atoms with Gasteiger partial charge >= 0.3 is 5.97 Å². The Morgan fingerprint density at radius 3 is 2.91 bits per heavy atom. The fraction of sp³-hybridized carbons (Fsp3) is 0.500. The number of benzene rings is 1. The van der Waals surface area contributed by atoms with E-state index in [1.807, 2.05) is 32.0 Å². The van der Waals surface area contributed by atoms with Crippen LogP contribution in [0.25, 0.3) is 0 Å². The molecule has 0 aliphatic carbocycles. The number of nitrogens with zero attached hydrogens (tertiary/aromatic N) is 1. The molecule has 1 aliphatic rings. The first-order chi connectivity index (χ1) is 10.5. The van der Waals surface area contributed by atoms with Crippen LogP contribution in [0.2, 0.25) is 0 Å². The van der Waals surface area contributed by atoms with Crippen molar-refractivity contribution in [1.29, 1.82) is 0 Å². The summed E-state index contributed by atoms with van der Waals surface area (Å²) in [7, 11) is 0. The van der Waals surface area contributed by atoms with Gasteiger partial charge in [0, 0.05) is 6.54 Å². The van der Waals surface area contributed by atoms with E-state index < -0.39 is 12.0 Å². The molecule has 1 amide bonds. The Bertz CT molecular complexity index is 557. The average molecular weight is 307 g/mol. The van der Waals surface area contributed by atoms with Gasteiger partial charge in [0.15, 0.2) is 6.04 Å². The molecule has 0 radical (unpaired) electrons. The molecule has 0 saturated carbocycles. The standard InChI is InChI=1S/C16H21NO5/c1-11-4-3-5-14(12(11)2)22-8-6-15(18)17-7-9-21-10-13(17)16(19)20/h3-5,13H,6-10H2,1-2H3,(H,19,20). The van der Waals surface area contributed by atoms with E-state index >= 15 is 0 Å². The van der Waals surface area contributed by atoms with Crippen molar-refractivity contribution in [3.63, 3.8) is 0 Å². The van der Waals surface area contributed by atoms with Gasteiger partial charge < -0.3 is 19.5 Å². The van der Waals surface area contributed by atoms with Crippen molar-refractivity contribution in [1.82, 2.24) is 4.90 Å². The number of hydrogen-bond acceptors (Lipinski definition) is 4. The van der Waals surface area contributed by atoms with E-state index in [0.29, 0.717) is 13.2 Å². The van der Waals surface area contributed by atoms with Crippen LogP contribution in [0.3, 0.4) is 0 Å². The van der Waals surface area contributed by atoms with Crippen LogP contribution < -0.4 is 4.74 Å². The molecule has 1 saturated heterocycles. The van der Waals surface area contributed by atoms with E-state index in [-0.39, 0.29) is 25.5 Å². The molecule has 1 aliphatic heterocycles. The van der Waals surface area contributed by atoms with Gasteiger partial charge in [-0.1, -0.05) is 12.1 Å². The van der Waals surface area contributed by atoms with Crippen molar-refractivity contribution in [2.75, 3.05) is 26.4 Å². The fourth-order valence-electron chi connectivity index (χ4n) is 2.38. The third kappa shape index (κ3) is 3.76. The number of aliphatic carboxylic acids is 1. The first-order valence-corrected chi connectivity index (χ1v) is 7.29. The molecule has 6 nitrogen and oxygen atoms in total. The molecule has 6 heteroatoms. The third-order valence-corrected chi connectivity index (χ3v) is 3.86. The van der Waals surface area contributed by atoms with E-state index in [9.17, 15) is 9.59 Å². The Morgan fingerprint density at radius 2 is 2.18 bits per heavy atom. The van der Waals surface area contributed by atoms with Crippen molar-refractivity contribution < 1.29 is 24.2 Å². The molecule has 120 valence electrons. The quantitative estimate of drug-likeness (QED) is 0.889. The first-order valence-electron chi connectivity index (χ1n) is 7.29. The number of morpholine rings is 1. The normalized spacial score (nSPS) is 18.1. The SMILES string of the molecule is Cc1cccc(OCCC(=O)N2CCOCC2C(=O)O)c1C. The lowest BCUT2D eigenvalue weighted by Crippen LogP contribution is -2.52. The number of rotatable bonds is 5. The number of carboxylic acids is 1. The molecule has 1 unspecified atom stereocenters. The smallest absolute Gasteiger partial charge is 0.328 e. The maximum Gasteiger partial charge on any atom is 0.328 e. The summed E-state index contributed by atoms with van der Waals surface area (Å²) < 4.78 is 10.8. The highest BCUT2D eigenvalue weighted by Gasteiger charge is 2.32. The molecular formula is C16H21NO5. The van der Waals surface area contributed by atoms with Crippen molar-refractivity contribution in [3.05, 3.63) is 29.3 Å². The topological polar surface area (TPSA) is 76.1 Å². The monoisotopic (exact) mass is 307 g/mol. The van der Waals surface area contributed by atoms with Gasteiger partial charge in [0.05, 0.1) is 26.2 Å². The van der Waals surface area contributed by atoms with Gasteiger partial charge in [-0.3, -0.25) is 4.79 Å². The van der Waals surface area contributed by atoms with Crippen LogP contribution in [-0.4, -0.2) is 54.3 Å². The lowest BCUT2D eigenvalue weighted by Gasteiger charge is -2.32. The van der Waals surface area contributed by atoms with E-state index in [4.69, 9.17) is 14.6 Å². The number of amides is 1. The van der Waals surface area contributed by atoms with Crippen LogP contribution in [0, 0.1) is 13.8 Å². The van der Waals surface area contributed by atoms with Crippen LogP contribution in [0.15, 0.2) is 18.2 Å². The summed E-state index contributed by atoms with van der Waals surface area (Å²) in [4.78, 5) is 24.7. The summed E-state index contributed by atoms with van der Waals surface area (Å²) in [5.74, 6) is -0.505. The minimum Gasteiger partial charge on any atom is -0.493 e. The lowest BCUT2D eigenvalue weighted by atomic mass is 10.1. The van der Waals surface area contributed by atoms with E-state index in [1.165, 1.54) is 4.90 Å². The molecule has 1 atom stereocenters. The van der Waals surface area contributed by atoms with Crippen LogP contribution >= 0.6 is 0 Å². The van der Waals surface area contributed by atoms with Crippen LogP contribution in [-0.2, 0) is 14.3 Å². The molecule has 1 N–H and O–H groups in total. The van der Waals surface area contributed by atoms with E-state index in [1.54, 1.807) is 0 Å². The van der Waals surface area contributed by atoms with Crippen molar-refractivity contribution in [3.8, 4) is 5.75 Å². The predicted molar refractivity (Wildman–Crippen MR) is 80.0 cm³/mol. The Hall–Kier alpha value is -2.08. The molecule has 0 bridgehead atoms. The van der Waals surface area contributed by atoms with E-state index in [2.05, 4.69) is 0 Å². The Kier molecular flexibility index (Phi) is 5.38. The molecule has 0 aromatic heterocycles. The molecular weight excluding hydrogens is 286 g/mol. The Balaban J connectivity index is 1.89. The maximum absolute atomic E-state index is 12.2. The summed E-state index contributed by atoms with van der Waals surface area (Å²) in [6.07, 6.45) is 0.150. The molecule has 0 spiro atoms. The Labute approximate surface area is 129 Å². The van der Waals surface area contributed by atoms with Crippen molar-refractivity contribution in [2.45, 2.75) is 26.3 Å². The van der Waals surface area contributed by atoms with Gasteiger partial charge in [0.1, 0.15) is 5.75 Å². The van der Waals surface area contributed by atoms with Gasteiger partial charge in [0.2, 0.25) is 5.91 Å². The summed E-state index contributed by atoms with van der Waals surface area (Å²) in [5, 5.41) is 9.12. The van der Waals surface area contributed by atoms with Crippen LogP contribution in [0.1, 0.15) is 17.5 Å². The summed E-state index contributed by atoms with van der Waals surface area (Å²) in [6.45, 7) is 4.91. The number of carbonyl (C=O) groups excluding carboxylic acids is 1. The Morgan fingerprint density at radius 1 is 1.41 bits per heavy atom. The maximum atomic E-state index is 12.2. The largest absolute Gasteiger partial charge is 0.493 e. The van der Waals surface area contributed by atoms with Gasteiger partial charge in [0.25, 0.3) is 0 Å². The van der Waals surface area contributed by atoms with Crippen molar-refractivity contribution >= 4 is 11.9 Å². The first kappa shape index (κ1) is 16.3. The van der Waals surface area contributed by atoms with Gasteiger partial charge in [-0.05, 0) is 31.0 Å². The highest BCUT2D eigenvalue weighted by Crippen LogP contribution is 2.20. The summed E-state index contributed by atoms with van der Waals surface area (Å²) >= 11 is 0. The van der Waals surface area contributed by atoms with Crippen LogP contribution in [0.5, 0.6) is 5.75 Å². The second-order valence-electron chi connectivity index (χ2n) is 5.31. The third-order valence-electron chi connectivity index (χ3n) is 3.86. The molecule has 1 fully saturated rings. The molecule has 1 aromatic rings. The average Bonchev–Trinajstić information content (AvgIpc) is 2.51. The zero-order valence-electron chi connectivity index (χ0n) is 12.9. The minimum atomic E-state index is -1.04. The van der Waals surface area contributed by atoms with Gasteiger partial charge in [-0.2, -0.15) is 0 Å². The zero-order valence-corrected chi connectivity index (χ0v) is 12.9. The van der Waals surface area contributed by atoms with Crippen LogP contribution in [0.4, 0.5) is 0 Å². The summed E-state index contributed by atoms with van der Waals surface area (Å²) in [5.41, 5.74) is 2.17. The molecule has 1 aromatic carbocycles. The highest BCUT2D eigenvalue weighted by molar-refractivity contribution is 5.84. The lowest BCUT2D eigenvalue weighted by molar-refractivity contribution is -0.158.